The molecule has 0 amide bonds. The SMILES string of the molecule is Cc1n[nH]c(C)c1CNCCn1c(C)nc2ccccc21. The fourth-order valence-electron chi connectivity index (χ4n) is 2.72. The highest BCUT2D eigenvalue weighted by Gasteiger charge is 2.07. The van der Waals surface area contributed by atoms with E-state index in [1.54, 1.807) is 0 Å². The number of para-hydroxylation sites is 2. The van der Waals surface area contributed by atoms with Crippen LogP contribution in [-0.2, 0) is 13.1 Å². The summed E-state index contributed by atoms with van der Waals surface area (Å²) in [6.07, 6.45) is 0. The van der Waals surface area contributed by atoms with E-state index in [-0.39, 0.29) is 0 Å². The lowest BCUT2D eigenvalue weighted by atomic mass is 10.2. The van der Waals surface area contributed by atoms with Crippen LogP contribution in [0.3, 0.4) is 0 Å². The molecule has 3 rings (SSSR count). The standard InChI is InChI=1S/C16H21N5/c1-11-14(12(2)20-19-11)10-17-8-9-21-13(3)18-15-6-4-5-7-16(15)21/h4-7,17H,8-10H2,1-3H3,(H,19,20). The lowest BCUT2D eigenvalue weighted by Crippen LogP contribution is -2.20. The Bertz CT molecular complexity index is 734. The van der Waals surface area contributed by atoms with Gasteiger partial charge in [0.05, 0.1) is 16.7 Å². The lowest BCUT2D eigenvalue weighted by molar-refractivity contribution is 0.595. The van der Waals surface area contributed by atoms with Gasteiger partial charge in [0, 0.05) is 30.9 Å². The molecule has 0 fully saturated rings. The van der Waals surface area contributed by atoms with Gasteiger partial charge in [0.2, 0.25) is 0 Å². The molecular weight excluding hydrogens is 262 g/mol. The van der Waals surface area contributed by atoms with Crippen LogP contribution in [0.4, 0.5) is 0 Å². The fourth-order valence-corrected chi connectivity index (χ4v) is 2.72. The number of imidazole rings is 1. The van der Waals surface area contributed by atoms with E-state index in [2.05, 4.69) is 57.1 Å². The van der Waals surface area contributed by atoms with Gasteiger partial charge in [0.15, 0.2) is 0 Å². The molecule has 0 saturated heterocycles. The second kappa shape index (κ2) is 5.69. The normalized spacial score (nSPS) is 11.4. The number of rotatable bonds is 5. The highest BCUT2D eigenvalue weighted by molar-refractivity contribution is 5.75. The molecular formula is C16H21N5. The molecule has 1 aromatic carbocycles. The Kier molecular flexibility index (Phi) is 3.75. The number of fused-ring (bicyclic) bond motifs is 1. The van der Waals surface area contributed by atoms with Crippen molar-refractivity contribution in [1.29, 1.82) is 0 Å². The molecule has 110 valence electrons. The minimum absolute atomic E-state index is 0.847. The van der Waals surface area contributed by atoms with E-state index in [4.69, 9.17) is 0 Å². The van der Waals surface area contributed by atoms with Crippen LogP contribution < -0.4 is 5.32 Å². The number of hydrogen-bond donors (Lipinski definition) is 2. The minimum Gasteiger partial charge on any atom is -0.327 e. The number of H-pyrrole nitrogens is 1. The second-order valence-electron chi connectivity index (χ2n) is 5.39. The highest BCUT2D eigenvalue weighted by Crippen LogP contribution is 2.15. The van der Waals surface area contributed by atoms with Crippen molar-refractivity contribution < 1.29 is 0 Å². The number of nitrogens with zero attached hydrogens (tertiary/aromatic N) is 3. The summed E-state index contributed by atoms with van der Waals surface area (Å²) in [4.78, 5) is 4.59. The smallest absolute Gasteiger partial charge is 0.106 e. The van der Waals surface area contributed by atoms with Crippen LogP contribution >= 0.6 is 0 Å². The van der Waals surface area contributed by atoms with Crippen molar-refractivity contribution in [3.05, 3.63) is 47.0 Å². The van der Waals surface area contributed by atoms with E-state index in [0.29, 0.717) is 0 Å². The van der Waals surface area contributed by atoms with Crippen LogP contribution in [0.5, 0.6) is 0 Å². The van der Waals surface area contributed by atoms with Crippen molar-refractivity contribution in [2.24, 2.45) is 0 Å². The number of nitrogens with one attached hydrogen (secondary N) is 2. The molecule has 0 unspecified atom stereocenters. The Hall–Kier alpha value is -2.14. The average molecular weight is 283 g/mol. The van der Waals surface area contributed by atoms with Gasteiger partial charge in [-0.15, -0.1) is 0 Å². The van der Waals surface area contributed by atoms with Crippen LogP contribution in [0, 0.1) is 20.8 Å². The van der Waals surface area contributed by atoms with Crippen LogP contribution in [0.2, 0.25) is 0 Å². The predicted molar refractivity (Wildman–Crippen MR) is 84.2 cm³/mol. The molecule has 5 heteroatoms. The maximum atomic E-state index is 4.59. The first-order chi connectivity index (χ1) is 10.2. The van der Waals surface area contributed by atoms with E-state index in [0.717, 1.165) is 42.4 Å². The molecule has 0 aliphatic heterocycles. The molecule has 2 N–H and O–H groups in total. The topological polar surface area (TPSA) is 58.5 Å². The third-order valence-corrected chi connectivity index (χ3v) is 3.94. The first kappa shape index (κ1) is 13.8. The van der Waals surface area contributed by atoms with Gasteiger partial charge in [-0.2, -0.15) is 5.10 Å². The summed E-state index contributed by atoms with van der Waals surface area (Å²) in [6, 6.07) is 8.28. The highest BCUT2D eigenvalue weighted by atomic mass is 15.1. The zero-order valence-electron chi connectivity index (χ0n) is 12.8. The molecule has 0 aliphatic carbocycles. The van der Waals surface area contributed by atoms with E-state index in [1.807, 2.05) is 13.0 Å². The largest absolute Gasteiger partial charge is 0.327 e. The molecule has 3 aromatic rings. The molecule has 2 aromatic heterocycles. The molecule has 5 nitrogen and oxygen atoms in total. The Labute approximate surface area is 124 Å². The number of aromatic amines is 1. The average Bonchev–Trinajstić information content (AvgIpc) is 2.96. The van der Waals surface area contributed by atoms with Crippen molar-refractivity contribution in [2.45, 2.75) is 33.9 Å². The number of benzene rings is 1. The second-order valence-corrected chi connectivity index (χ2v) is 5.39. The van der Waals surface area contributed by atoms with Crippen LogP contribution in [0.1, 0.15) is 22.8 Å². The Balaban J connectivity index is 1.64. The summed E-state index contributed by atoms with van der Waals surface area (Å²) in [6.45, 7) is 8.83. The number of hydrogen-bond acceptors (Lipinski definition) is 3. The van der Waals surface area contributed by atoms with Crippen molar-refractivity contribution in [3.63, 3.8) is 0 Å². The molecule has 0 spiro atoms. The summed E-state index contributed by atoms with van der Waals surface area (Å²) >= 11 is 0. The van der Waals surface area contributed by atoms with Crippen LogP contribution in [0.15, 0.2) is 24.3 Å². The maximum Gasteiger partial charge on any atom is 0.106 e. The van der Waals surface area contributed by atoms with Crippen LogP contribution in [-0.4, -0.2) is 26.3 Å². The Morgan fingerprint density at radius 1 is 1.19 bits per heavy atom. The predicted octanol–water partition coefficient (Wildman–Crippen LogP) is 2.47. The van der Waals surface area contributed by atoms with Gasteiger partial charge < -0.3 is 9.88 Å². The molecule has 0 bridgehead atoms. The zero-order valence-corrected chi connectivity index (χ0v) is 12.8. The number of aromatic nitrogens is 4. The monoisotopic (exact) mass is 283 g/mol. The van der Waals surface area contributed by atoms with Crippen molar-refractivity contribution in [3.8, 4) is 0 Å². The van der Waals surface area contributed by atoms with E-state index in [9.17, 15) is 0 Å². The van der Waals surface area contributed by atoms with E-state index >= 15 is 0 Å². The lowest BCUT2D eigenvalue weighted by Gasteiger charge is -2.08. The van der Waals surface area contributed by atoms with Gasteiger partial charge in [0.25, 0.3) is 0 Å². The molecule has 0 aliphatic rings. The molecule has 2 heterocycles. The summed E-state index contributed by atoms with van der Waals surface area (Å²) in [7, 11) is 0. The Morgan fingerprint density at radius 2 is 2.00 bits per heavy atom. The third-order valence-electron chi connectivity index (χ3n) is 3.94. The summed E-state index contributed by atoms with van der Waals surface area (Å²) in [5.41, 5.74) is 5.75. The first-order valence-corrected chi connectivity index (χ1v) is 7.30. The van der Waals surface area contributed by atoms with Gasteiger partial charge in [-0.25, -0.2) is 4.98 Å². The summed E-state index contributed by atoms with van der Waals surface area (Å²) in [5, 5.41) is 10.7. The molecule has 21 heavy (non-hydrogen) atoms. The van der Waals surface area contributed by atoms with Gasteiger partial charge in [-0.05, 0) is 32.9 Å². The quantitative estimate of drug-likeness (QED) is 0.707. The van der Waals surface area contributed by atoms with Gasteiger partial charge in [-0.3, -0.25) is 5.10 Å². The zero-order chi connectivity index (χ0) is 14.8. The first-order valence-electron chi connectivity index (χ1n) is 7.30. The molecule has 0 atom stereocenters. The van der Waals surface area contributed by atoms with Gasteiger partial charge >= 0.3 is 0 Å². The van der Waals surface area contributed by atoms with E-state index < -0.39 is 0 Å². The van der Waals surface area contributed by atoms with Crippen molar-refractivity contribution >= 4 is 11.0 Å². The Morgan fingerprint density at radius 3 is 2.76 bits per heavy atom. The van der Waals surface area contributed by atoms with Gasteiger partial charge in [0.1, 0.15) is 5.82 Å². The van der Waals surface area contributed by atoms with Crippen molar-refractivity contribution in [1.82, 2.24) is 25.1 Å². The maximum absolute atomic E-state index is 4.59. The van der Waals surface area contributed by atoms with Crippen molar-refractivity contribution in [2.75, 3.05) is 6.54 Å². The number of aryl methyl sites for hydroxylation is 3. The summed E-state index contributed by atoms with van der Waals surface area (Å²) in [5.74, 6) is 1.06. The molecule has 0 radical (unpaired) electrons. The van der Waals surface area contributed by atoms with Crippen LogP contribution in [0.25, 0.3) is 11.0 Å². The van der Waals surface area contributed by atoms with E-state index in [1.165, 1.54) is 11.1 Å². The fraction of sp³-hybridized carbons (Fsp3) is 0.375. The summed E-state index contributed by atoms with van der Waals surface area (Å²) < 4.78 is 2.26. The van der Waals surface area contributed by atoms with Gasteiger partial charge in [-0.1, -0.05) is 12.1 Å². The third kappa shape index (κ3) is 2.69. The minimum atomic E-state index is 0.847. The molecule has 0 saturated carbocycles.